The van der Waals surface area contributed by atoms with Crippen LogP contribution in [-0.4, -0.2) is 36.0 Å². The zero-order valence-corrected chi connectivity index (χ0v) is 12.2. The van der Waals surface area contributed by atoms with Crippen LogP contribution < -0.4 is 10.6 Å². The molecule has 1 aromatic heterocycles. The standard InChI is InChI=1S/C13H16N2O4S/c1-7-6-10(20-9(7)4-5-11(16)17)13(19)15-8(2)12(18)14-3/h4-6,8H,1-3H3,(H,14,18)(H,15,19)(H,16,17)/b5-4+. The molecule has 3 N–H and O–H groups in total. The first-order valence-corrected chi connectivity index (χ1v) is 6.70. The van der Waals surface area contributed by atoms with E-state index in [2.05, 4.69) is 10.6 Å². The van der Waals surface area contributed by atoms with Crippen LogP contribution in [-0.2, 0) is 9.59 Å². The number of carbonyl (C=O) groups excluding carboxylic acids is 2. The Morgan fingerprint density at radius 2 is 2.05 bits per heavy atom. The summed E-state index contributed by atoms with van der Waals surface area (Å²) in [5, 5.41) is 13.6. The molecule has 0 aromatic carbocycles. The molecule has 0 aliphatic rings. The maximum absolute atomic E-state index is 12.0. The van der Waals surface area contributed by atoms with Gasteiger partial charge in [-0.25, -0.2) is 4.79 Å². The Labute approximate surface area is 120 Å². The lowest BCUT2D eigenvalue weighted by molar-refractivity contribution is -0.131. The van der Waals surface area contributed by atoms with Crippen LogP contribution in [0, 0.1) is 6.92 Å². The van der Waals surface area contributed by atoms with Crippen molar-refractivity contribution < 1.29 is 19.5 Å². The van der Waals surface area contributed by atoms with Gasteiger partial charge in [0.1, 0.15) is 6.04 Å². The molecule has 0 radical (unpaired) electrons. The number of likely N-dealkylation sites (N-methyl/N-ethyl adjacent to an activating group) is 1. The maximum atomic E-state index is 12.0. The van der Waals surface area contributed by atoms with E-state index >= 15 is 0 Å². The molecule has 0 saturated heterocycles. The highest BCUT2D eigenvalue weighted by atomic mass is 32.1. The quantitative estimate of drug-likeness (QED) is 0.707. The normalized spacial score (nSPS) is 12.2. The number of carboxylic acids is 1. The number of nitrogens with one attached hydrogen (secondary N) is 2. The Morgan fingerprint density at radius 3 is 2.60 bits per heavy atom. The third-order valence-electron chi connectivity index (χ3n) is 2.54. The summed E-state index contributed by atoms with van der Waals surface area (Å²) in [6.45, 7) is 3.37. The Kier molecular flexibility index (Phi) is 5.45. The maximum Gasteiger partial charge on any atom is 0.328 e. The molecule has 20 heavy (non-hydrogen) atoms. The van der Waals surface area contributed by atoms with E-state index in [1.807, 2.05) is 0 Å². The van der Waals surface area contributed by atoms with Crippen LogP contribution in [0.2, 0.25) is 0 Å². The average molecular weight is 296 g/mol. The highest BCUT2D eigenvalue weighted by Gasteiger charge is 2.17. The lowest BCUT2D eigenvalue weighted by atomic mass is 10.2. The van der Waals surface area contributed by atoms with Gasteiger partial charge in [0.15, 0.2) is 0 Å². The summed E-state index contributed by atoms with van der Waals surface area (Å²) < 4.78 is 0. The fourth-order valence-electron chi connectivity index (χ4n) is 1.47. The second-order valence-corrected chi connectivity index (χ2v) is 5.22. The Balaban J connectivity index is 2.82. The number of carboxylic acid groups (broad SMARTS) is 1. The zero-order chi connectivity index (χ0) is 15.3. The van der Waals surface area contributed by atoms with E-state index in [0.29, 0.717) is 9.75 Å². The summed E-state index contributed by atoms with van der Waals surface area (Å²) >= 11 is 1.18. The zero-order valence-electron chi connectivity index (χ0n) is 11.4. The molecule has 1 heterocycles. The van der Waals surface area contributed by atoms with Crippen LogP contribution in [0.3, 0.4) is 0 Å². The predicted octanol–water partition coefficient (Wildman–Crippen LogP) is 1.02. The lowest BCUT2D eigenvalue weighted by Gasteiger charge is -2.10. The number of rotatable bonds is 5. The lowest BCUT2D eigenvalue weighted by Crippen LogP contribution is -2.43. The second kappa shape index (κ2) is 6.85. The summed E-state index contributed by atoms with van der Waals surface area (Å²) in [5.41, 5.74) is 0.810. The monoisotopic (exact) mass is 296 g/mol. The average Bonchev–Trinajstić information content (AvgIpc) is 2.76. The van der Waals surface area contributed by atoms with Gasteiger partial charge >= 0.3 is 5.97 Å². The topological polar surface area (TPSA) is 95.5 Å². The number of aryl methyl sites for hydroxylation is 1. The van der Waals surface area contributed by atoms with E-state index in [1.165, 1.54) is 24.5 Å². The van der Waals surface area contributed by atoms with Gasteiger partial charge in [0.25, 0.3) is 5.91 Å². The third kappa shape index (κ3) is 4.20. The largest absolute Gasteiger partial charge is 0.478 e. The molecule has 0 fully saturated rings. The van der Waals surface area contributed by atoms with Crippen LogP contribution in [0.1, 0.15) is 27.0 Å². The number of carbonyl (C=O) groups is 3. The van der Waals surface area contributed by atoms with Crippen LogP contribution in [0.5, 0.6) is 0 Å². The molecule has 1 atom stereocenters. The number of hydrogen-bond donors (Lipinski definition) is 3. The molecule has 0 bridgehead atoms. The van der Waals surface area contributed by atoms with Gasteiger partial charge in [-0.1, -0.05) is 0 Å². The van der Waals surface area contributed by atoms with Crippen molar-refractivity contribution in [3.05, 3.63) is 27.5 Å². The molecule has 0 aliphatic heterocycles. The van der Waals surface area contributed by atoms with E-state index < -0.39 is 12.0 Å². The predicted molar refractivity (Wildman–Crippen MR) is 76.7 cm³/mol. The number of thiophene rings is 1. The SMILES string of the molecule is CNC(=O)C(C)NC(=O)c1cc(C)c(/C=C/C(=O)O)s1. The van der Waals surface area contributed by atoms with E-state index in [9.17, 15) is 14.4 Å². The van der Waals surface area contributed by atoms with Crippen molar-refractivity contribution in [1.29, 1.82) is 0 Å². The van der Waals surface area contributed by atoms with E-state index in [1.54, 1.807) is 19.9 Å². The van der Waals surface area contributed by atoms with Crippen LogP contribution >= 0.6 is 11.3 Å². The third-order valence-corrected chi connectivity index (χ3v) is 3.75. The second-order valence-electron chi connectivity index (χ2n) is 4.14. The first-order valence-electron chi connectivity index (χ1n) is 5.89. The molecule has 1 rings (SSSR count). The minimum absolute atomic E-state index is 0.280. The van der Waals surface area contributed by atoms with Gasteiger partial charge in [-0.2, -0.15) is 0 Å². The molecule has 6 nitrogen and oxygen atoms in total. The molecular weight excluding hydrogens is 280 g/mol. The van der Waals surface area contributed by atoms with Crippen LogP contribution in [0.25, 0.3) is 6.08 Å². The van der Waals surface area contributed by atoms with Gasteiger partial charge in [0, 0.05) is 18.0 Å². The van der Waals surface area contributed by atoms with Crippen molar-refractivity contribution in [3.63, 3.8) is 0 Å². The van der Waals surface area contributed by atoms with Gasteiger partial charge < -0.3 is 15.7 Å². The minimum atomic E-state index is -1.04. The first-order chi connectivity index (χ1) is 9.35. The van der Waals surface area contributed by atoms with E-state index in [-0.39, 0.29) is 11.8 Å². The minimum Gasteiger partial charge on any atom is -0.478 e. The molecule has 2 amide bonds. The molecule has 0 saturated carbocycles. The van der Waals surface area contributed by atoms with Gasteiger partial charge in [-0.05, 0) is 31.6 Å². The highest BCUT2D eigenvalue weighted by Crippen LogP contribution is 2.23. The first kappa shape index (κ1) is 15.9. The Morgan fingerprint density at radius 1 is 1.40 bits per heavy atom. The van der Waals surface area contributed by atoms with Crippen molar-refractivity contribution in [2.75, 3.05) is 7.05 Å². The Hall–Kier alpha value is -2.15. The molecule has 1 aromatic rings. The van der Waals surface area contributed by atoms with Crippen molar-refractivity contribution in [2.24, 2.45) is 0 Å². The van der Waals surface area contributed by atoms with Crippen molar-refractivity contribution in [3.8, 4) is 0 Å². The molecular formula is C13H16N2O4S. The summed E-state index contributed by atoms with van der Waals surface area (Å²) in [5.74, 6) is -1.68. The highest BCUT2D eigenvalue weighted by molar-refractivity contribution is 7.15. The summed E-state index contributed by atoms with van der Waals surface area (Å²) in [7, 11) is 1.50. The number of aliphatic carboxylic acids is 1. The molecule has 7 heteroatoms. The fraction of sp³-hybridized carbons (Fsp3) is 0.308. The van der Waals surface area contributed by atoms with Gasteiger partial charge in [-0.3, -0.25) is 9.59 Å². The summed E-state index contributed by atoms with van der Waals surface area (Å²) in [4.78, 5) is 34.9. The molecule has 1 unspecified atom stereocenters. The smallest absolute Gasteiger partial charge is 0.328 e. The van der Waals surface area contributed by atoms with Gasteiger partial charge in [0.05, 0.1) is 4.88 Å². The molecule has 0 spiro atoms. The van der Waals surface area contributed by atoms with Crippen LogP contribution in [0.15, 0.2) is 12.1 Å². The van der Waals surface area contributed by atoms with Gasteiger partial charge in [0.2, 0.25) is 5.91 Å². The molecule has 0 aliphatic carbocycles. The fourth-order valence-corrected chi connectivity index (χ4v) is 2.45. The van der Waals surface area contributed by atoms with Crippen LogP contribution in [0.4, 0.5) is 0 Å². The Bertz CT molecular complexity index is 563. The van der Waals surface area contributed by atoms with E-state index in [0.717, 1.165) is 11.6 Å². The number of hydrogen-bond acceptors (Lipinski definition) is 4. The summed E-state index contributed by atoms with van der Waals surface area (Å²) in [6.07, 6.45) is 2.47. The van der Waals surface area contributed by atoms with Crippen molar-refractivity contribution >= 4 is 35.2 Å². The van der Waals surface area contributed by atoms with Crippen molar-refractivity contribution in [2.45, 2.75) is 19.9 Å². The van der Waals surface area contributed by atoms with E-state index in [4.69, 9.17) is 5.11 Å². The molecule has 108 valence electrons. The number of amides is 2. The summed E-state index contributed by atoms with van der Waals surface area (Å²) in [6, 6.07) is 1.03. The van der Waals surface area contributed by atoms with Crippen molar-refractivity contribution in [1.82, 2.24) is 10.6 Å². The van der Waals surface area contributed by atoms with Gasteiger partial charge in [-0.15, -0.1) is 11.3 Å².